The summed E-state index contributed by atoms with van der Waals surface area (Å²) in [6.07, 6.45) is 1.76. The summed E-state index contributed by atoms with van der Waals surface area (Å²) in [5.41, 5.74) is 1.47. The highest BCUT2D eigenvalue weighted by Gasteiger charge is 2.19. The van der Waals surface area contributed by atoms with Crippen LogP contribution >= 0.6 is 15.9 Å². The number of anilines is 1. The Bertz CT molecular complexity index is 664. The van der Waals surface area contributed by atoms with Gasteiger partial charge in [-0.1, -0.05) is 12.1 Å². The minimum Gasteiger partial charge on any atom is -0.372 e. The molecule has 0 aliphatic heterocycles. The summed E-state index contributed by atoms with van der Waals surface area (Å²) in [5, 5.41) is 7.23. The Kier molecular flexibility index (Phi) is 4.52. The predicted octanol–water partition coefficient (Wildman–Crippen LogP) is 3.71. The fourth-order valence-electron chi connectivity index (χ4n) is 2.03. The maximum atomic E-state index is 12.2. The number of para-hydroxylation sites is 1. The summed E-state index contributed by atoms with van der Waals surface area (Å²) >= 11 is 3.42. The van der Waals surface area contributed by atoms with Gasteiger partial charge in [0.1, 0.15) is 6.04 Å². The molecule has 0 saturated heterocycles. The van der Waals surface area contributed by atoms with Crippen LogP contribution in [0.15, 0.2) is 34.9 Å². The van der Waals surface area contributed by atoms with Gasteiger partial charge in [0.05, 0.1) is 11.2 Å². The normalized spacial score (nSPS) is 13.0. The lowest BCUT2D eigenvalue weighted by Gasteiger charge is -2.24. The number of carbonyl (C=O) groups excluding carboxylic acids is 1. The number of hydrogen-bond donors (Lipinski definition) is 2. The molecule has 1 heterocycles. The van der Waals surface area contributed by atoms with E-state index in [1.165, 1.54) is 0 Å². The fraction of sp³-hybridized carbons (Fsp3) is 0.375. The fourth-order valence-corrected chi connectivity index (χ4v) is 2.38. The lowest BCUT2D eigenvalue weighted by Crippen LogP contribution is -2.47. The summed E-state index contributed by atoms with van der Waals surface area (Å²) in [7, 11) is 0. The Labute approximate surface area is 133 Å². The van der Waals surface area contributed by atoms with Crippen molar-refractivity contribution in [2.45, 2.75) is 39.3 Å². The highest BCUT2D eigenvalue weighted by atomic mass is 79.9. The number of amides is 1. The van der Waals surface area contributed by atoms with E-state index in [1.54, 1.807) is 6.20 Å². The van der Waals surface area contributed by atoms with E-state index in [2.05, 4.69) is 31.5 Å². The zero-order valence-electron chi connectivity index (χ0n) is 12.7. The van der Waals surface area contributed by atoms with E-state index in [0.29, 0.717) is 0 Å². The van der Waals surface area contributed by atoms with Crippen molar-refractivity contribution in [1.82, 2.24) is 10.3 Å². The van der Waals surface area contributed by atoms with Gasteiger partial charge in [-0.05, 0) is 55.8 Å². The van der Waals surface area contributed by atoms with Crippen molar-refractivity contribution < 1.29 is 4.79 Å². The molecule has 5 heteroatoms. The highest BCUT2D eigenvalue weighted by molar-refractivity contribution is 9.10. The van der Waals surface area contributed by atoms with E-state index >= 15 is 0 Å². The van der Waals surface area contributed by atoms with Crippen LogP contribution in [0, 0.1) is 0 Å². The third-order valence-corrected chi connectivity index (χ3v) is 3.37. The van der Waals surface area contributed by atoms with E-state index < -0.39 is 0 Å². The van der Waals surface area contributed by atoms with Gasteiger partial charge in [0.15, 0.2) is 0 Å². The van der Waals surface area contributed by atoms with Crippen LogP contribution in [0.4, 0.5) is 5.69 Å². The van der Waals surface area contributed by atoms with Crippen molar-refractivity contribution in [3.05, 3.63) is 34.9 Å². The minimum absolute atomic E-state index is 0.0309. The van der Waals surface area contributed by atoms with Crippen LogP contribution in [0.1, 0.15) is 27.7 Å². The maximum absolute atomic E-state index is 12.2. The number of rotatable bonds is 3. The molecule has 21 heavy (non-hydrogen) atoms. The second-order valence-electron chi connectivity index (χ2n) is 6.14. The van der Waals surface area contributed by atoms with E-state index in [0.717, 1.165) is 21.1 Å². The molecular weight excluding hydrogens is 330 g/mol. The van der Waals surface area contributed by atoms with Gasteiger partial charge < -0.3 is 10.6 Å². The molecule has 2 aromatic rings. The zero-order chi connectivity index (χ0) is 15.6. The molecule has 2 N–H and O–H groups in total. The van der Waals surface area contributed by atoms with Crippen LogP contribution in [-0.2, 0) is 4.79 Å². The van der Waals surface area contributed by atoms with Crippen molar-refractivity contribution in [1.29, 1.82) is 0 Å². The van der Waals surface area contributed by atoms with Gasteiger partial charge in [-0.2, -0.15) is 0 Å². The first-order chi connectivity index (χ1) is 9.76. The molecule has 1 atom stereocenters. The number of fused-ring (bicyclic) bond motifs is 1. The van der Waals surface area contributed by atoms with E-state index in [1.807, 2.05) is 52.0 Å². The largest absolute Gasteiger partial charge is 0.372 e. The lowest BCUT2D eigenvalue weighted by atomic mass is 10.1. The molecule has 112 valence electrons. The molecule has 0 spiro atoms. The third kappa shape index (κ3) is 4.17. The van der Waals surface area contributed by atoms with E-state index in [-0.39, 0.29) is 17.5 Å². The van der Waals surface area contributed by atoms with Crippen LogP contribution in [0.3, 0.4) is 0 Å². The highest BCUT2D eigenvalue weighted by Crippen LogP contribution is 2.24. The lowest BCUT2D eigenvalue weighted by molar-refractivity contribution is -0.122. The number of carbonyl (C=O) groups is 1. The summed E-state index contributed by atoms with van der Waals surface area (Å²) in [5.74, 6) is -0.0309. The van der Waals surface area contributed by atoms with Gasteiger partial charge in [-0.3, -0.25) is 9.78 Å². The van der Waals surface area contributed by atoms with Gasteiger partial charge in [0, 0.05) is 21.6 Å². The molecule has 0 radical (unpaired) electrons. The summed E-state index contributed by atoms with van der Waals surface area (Å²) in [6.45, 7) is 7.75. The average molecular weight is 350 g/mol. The Morgan fingerprint density at radius 2 is 2.05 bits per heavy atom. The van der Waals surface area contributed by atoms with E-state index in [9.17, 15) is 4.79 Å². The van der Waals surface area contributed by atoms with E-state index in [4.69, 9.17) is 0 Å². The van der Waals surface area contributed by atoms with Crippen molar-refractivity contribution in [3.63, 3.8) is 0 Å². The van der Waals surface area contributed by atoms with Gasteiger partial charge in [-0.25, -0.2) is 0 Å². The molecule has 0 bridgehead atoms. The van der Waals surface area contributed by atoms with Crippen molar-refractivity contribution in [2.75, 3.05) is 5.32 Å². The second-order valence-corrected chi connectivity index (χ2v) is 7.05. The maximum Gasteiger partial charge on any atom is 0.242 e. The third-order valence-electron chi connectivity index (χ3n) is 2.94. The Balaban J connectivity index is 2.22. The number of nitrogens with one attached hydrogen (secondary N) is 2. The standard InChI is InChI=1S/C16H20BrN3O/c1-10(15(21)20-16(2,3)4)19-13-7-5-6-11-8-12(17)9-18-14(11)13/h5-10,19H,1-4H3,(H,20,21). The zero-order valence-corrected chi connectivity index (χ0v) is 14.3. The Hall–Kier alpha value is -1.62. The molecule has 1 amide bonds. The van der Waals surface area contributed by atoms with Gasteiger partial charge in [0.25, 0.3) is 0 Å². The van der Waals surface area contributed by atoms with Gasteiger partial charge >= 0.3 is 0 Å². The number of aromatic nitrogens is 1. The van der Waals surface area contributed by atoms with Crippen LogP contribution in [0.25, 0.3) is 10.9 Å². The summed E-state index contributed by atoms with van der Waals surface area (Å²) < 4.78 is 0.936. The summed E-state index contributed by atoms with van der Waals surface area (Å²) in [6, 6.07) is 7.56. The first-order valence-electron chi connectivity index (χ1n) is 6.89. The topological polar surface area (TPSA) is 54.0 Å². The molecule has 1 aromatic heterocycles. The SMILES string of the molecule is CC(Nc1cccc2cc(Br)cnc12)C(=O)NC(C)(C)C. The number of benzene rings is 1. The van der Waals surface area contributed by atoms with Crippen LogP contribution in [0.2, 0.25) is 0 Å². The molecule has 1 unspecified atom stereocenters. The molecule has 4 nitrogen and oxygen atoms in total. The quantitative estimate of drug-likeness (QED) is 0.887. The van der Waals surface area contributed by atoms with Gasteiger partial charge in [-0.15, -0.1) is 0 Å². The van der Waals surface area contributed by atoms with Crippen LogP contribution in [0.5, 0.6) is 0 Å². The number of pyridine rings is 1. The Morgan fingerprint density at radius 1 is 1.33 bits per heavy atom. The van der Waals surface area contributed by atoms with Crippen LogP contribution < -0.4 is 10.6 Å². The van der Waals surface area contributed by atoms with Crippen molar-refractivity contribution in [2.24, 2.45) is 0 Å². The van der Waals surface area contributed by atoms with Crippen molar-refractivity contribution >= 4 is 38.4 Å². The average Bonchev–Trinajstić information content (AvgIpc) is 2.36. The molecular formula is C16H20BrN3O. The van der Waals surface area contributed by atoms with Gasteiger partial charge in [0.2, 0.25) is 5.91 Å². The molecule has 0 aliphatic carbocycles. The first kappa shape index (κ1) is 15.8. The van der Waals surface area contributed by atoms with Crippen LogP contribution in [-0.4, -0.2) is 22.5 Å². The molecule has 0 aliphatic rings. The first-order valence-corrected chi connectivity index (χ1v) is 7.68. The Morgan fingerprint density at radius 3 is 2.71 bits per heavy atom. The van der Waals surface area contributed by atoms with Crippen molar-refractivity contribution in [3.8, 4) is 0 Å². The molecule has 0 saturated carbocycles. The smallest absolute Gasteiger partial charge is 0.242 e. The molecule has 0 fully saturated rings. The number of hydrogen-bond acceptors (Lipinski definition) is 3. The molecule has 1 aromatic carbocycles. The summed E-state index contributed by atoms with van der Waals surface area (Å²) in [4.78, 5) is 16.6. The number of nitrogens with zero attached hydrogens (tertiary/aromatic N) is 1. The minimum atomic E-state index is -0.333. The molecule has 2 rings (SSSR count). The monoisotopic (exact) mass is 349 g/mol. The second kappa shape index (κ2) is 6.02. The predicted molar refractivity (Wildman–Crippen MR) is 90.4 cm³/mol. The number of halogens is 1.